The van der Waals surface area contributed by atoms with E-state index < -0.39 is 5.20 Å². The molecule has 0 radical (unpaired) electrons. The largest absolute Gasteiger partial charge is 0.339 e. The van der Waals surface area contributed by atoms with Gasteiger partial charge in [-0.2, -0.15) is 0 Å². The molecule has 1 heterocycles. The summed E-state index contributed by atoms with van der Waals surface area (Å²) < 4.78 is 9.51. The number of fused-ring (bicyclic) bond motifs is 1. The fourth-order valence-corrected chi connectivity index (χ4v) is 2.72. The van der Waals surface area contributed by atoms with Gasteiger partial charge < -0.3 is 4.90 Å². The zero-order valence-corrected chi connectivity index (χ0v) is 16.4. The second-order valence-electron chi connectivity index (χ2n) is 5.64. The minimum atomic E-state index is -3.22. The van der Waals surface area contributed by atoms with Crippen LogP contribution in [0.3, 0.4) is 0 Å². The molecular weight excluding hydrogens is 388 g/mol. The number of anilines is 1. The van der Waals surface area contributed by atoms with Gasteiger partial charge in [-0.1, -0.05) is 36.4 Å². The molecular formula is C17H17Cl3NO2P. The van der Waals surface area contributed by atoms with Gasteiger partial charge in [0.25, 0.3) is 0 Å². The Morgan fingerprint density at radius 1 is 1.00 bits per heavy atom. The third-order valence-electron chi connectivity index (χ3n) is 3.57. The summed E-state index contributed by atoms with van der Waals surface area (Å²) >= 11 is 13.8. The predicted octanol–water partition coefficient (Wildman–Crippen LogP) is 6.46. The van der Waals surface area contributed by atoms with Gasteiger partial charge in [0.1, 0.15) is 0 Å². The van der Waals surface area contributed by atoms with Crippen LogP contribution in [0.5, 0.6) is 0 Å². The Balaban J connectivity index is 0.000000368. The Hall–Kier alpha value is -0.990. The van der Waals surface area contributed by atoms with Gasteiger partial charge in [-0.25, -0.2) is 0 Å². The van der Waals surface area contributed by atoms with Crippen LogP contribution >= 0.6 is 38.9 Å². The summed E-state index contributed by atoms with van der Waals surface area (Å²) in [5.74, 6) is 0.204. The highest BCUT2D eigenvalue weighted by atomic mass is 36.0. The summed E-state index contributed by atoms with van der Waals surface area (Å²) in [4.78, 5) is 13.9. The van der Waals surface area contributed by atoms with Crippen molar-refractivity contribution in [2.45, 2.75) is 26.3 Å². The normalized spacial score (nSPS) is 13.6. The van der Waals surface area contributed by atoms with Crippen LogP contribution < -0.4 is 4.90 Å². The van der Waals surface area contributed by atoms with Crippen molar-refractivity contribution in [1.29, 1.82) is 0 Å². The molecule has 0 unspecified atom stereocenters. The highest BCUT2D eigenvalue weighted by molar-refractivity contribution is 8.24. The summed E-state index contributed by atoms with van der Waals surface area (Å²) in [5, 5.41) is -3.22. The molecule has 24 heavy (non-hydrogen) atoms. The number of benzene rings is 2. The summed E-state index contributed by atoms with van der Waals surface area (Å²) in [6, 6.07) is 16.8. The van der Waals surface area contributed by atoms with Gasteiger partial charge in [-0.3, -0.25) is 9.36 Å². The van der Waals surface area contributed by atoms with Crippen molar-refractivity contribution in [2.24, 2.45) is 0 Å². The highest BCUT2D eigenvalue weighted by Crippen LogP contribution is 2.61. The lowest BCUT2D eigenvalue weighted by molar-refractivity contribution is -0.117. The van der Waals surface area contributed by atoms with Gasteiger partial charge in [0.05, 0.1) is 6.42 Å². The van der Waals surface area contributed by atoms with Crippen LogP contribution in [0.1, 0.15) is 19.4 Å². The van der Waals surface area contributed by atoms with Crippen LogP contribution in [0, 0.1) is 0 Å². The van der Waals surface area contributed by atoms with E-state index in [9.17, 15) is 9.36 Å². The highest BCUT2D eigenvalue weighted by Gasteiger charge is 2.29. The molecule has 1 amide bonds. The Morgan fingerprint density at radius 3 is 2.12 bits per heavy atom. The first-order valence-corrected chi connectivity index (χ1v) is 11.8. The molecule has 0 aromatic heterocycles. The number of nitrogens with zero attached hydrogens (tertiary/aromatic N) is 1. The molecule has 1 aliphatic rings. The fourth-order valence-electron chi connectivity index (χ4n) is 2.72. The lowest BCUT2D eigenvalue weighted by Gasteiger charge is -2.22. The quantitative estimate of drug-likeness (QED) is 0.538. The summed E-state index contributed by atoms with van der Waals surface area (Å²) in [6.07, 6.45) is 0.522. The molecule has 0 atom stereocenters. The van der Waals surface area contributed by atoms with E-state index in [4.69, 9.17) is 0 Å². The Kier molecular flexibility index (Phi) is 6.39. The predicted molar refractivity (Wildman–Crippen MR) is 103 cm³/mol. The topological polar surface area (TPSA) is 37.4 Å². The van der Waals surface area contributed by atoms with E-state index >= 15 is 0 Å². The van der Waals surface area contributed by atoms with Crippen LogP contribution in [-0.4, -0.2) is 11.9 Å². The van der Waals surface area contributed by atoms with E-state index in [1.165, 1.54) is 11.1 Å². The molecule has 128 valence electrons. The monoisotopic (exact) mass is 403 g/mol. The molecule has 0 N–H and O–H groups in total. The zero-order chi connectivity index (χ0) is 17.9. The number of halogens is 3. The lowest BCUT2D eigenvalue weighted by atomic mass is 10.0. The van der Waals surface area contributed by atoms with E-state index in [-0.39, 0.29) is 11.9 Å². The minimum Gasteiger partial charge on any atom is -0.309 e. The van der Waals surface area contributed by atoms with E-state index in [0.717, 1.165) is 11.3 Å². The standard InChI is InChI=1S/C17H17NO.Cl3OP/c1-12(2)18-16-9-8-14(10-15(16)11-17(18)19)13-6-4-3-5-7-13;1-5(2,3)4/h3-10,12H,11H2,1-2H3;. The number of rotatable bonds is 2. The number of amides is 1. The molecule has 7 heteroatoms. The number of carbonyl (C=O) groups is 1. The molecule has 0 saturated heterocycles. The second-order valence-corrected chi connectivity index (χ2v) is 12.3. The summed E-state index contributed by atoms with van der Waals surface area (Å²) in [5.41, 5.74) is 4.58. The first-order valence-electron chi connectivity index (χ1n) is 7.36. The third-order valence-corrected chi connectivity index (χ3v) is 3.57. The molecule has 1 aliphatic heterocycles. The molecule has 0 fully saturated rings. The van der Waals surface area contributed by atoms with Crippen molar-refractivity contribution >= 4 is 50.5 Å². The molecule has 0 bridgehead atoms. The van der Waals surface area contributed by atoms with E-state index in [2.05, 4.69) is 77.9 Å². The number of hydrogen-bond donors (Lipinski definition) is 0. The maximum atomic E-state index is 12.0. The Bertz CT molecular complexity index is 766. The molecule has 0 saturated carbocycles. The van der Waals surface area contributed by atoms with E-state index in [1.54, 1.807) is 0 Å². The van der Waals surface area contributed by atoms with Crippen LogP contribution in [-0.2, 0) is 15.8 Å². The molecule has 3 rings (SSSR count). The maximum absolute atomic E-state index is 12.0. The number of carbonyl (C=O) groups excluding carboxylic acids is 1. The van der Waals surface area contributed by atoms with E-state index in [0.29, 0.717) is 6.42 Å². The van der Waals surface area contributed by atoms with Crippen LogP contribution in [0.4, 0.5) is 5.69 Å². The van der Waals surface area contributed by atoms with E-state index in [1.807, 2.05) is 23.1 Å². The summed E-state index contributed by atoms with van der Waals surface area (Å²) in [7, 11) is 0. The fraction of sp³-hybridized carbons (Fsp3) is 0.235. The van der Waals surface area contributed by atoms with Gasteiger partial charge in [0.15, 0.2) is 0 Å². The average Bonchev–Trinajstić information content (AvgIpc) is 2.81. The molecule has 0 aliphatic carbocycles. The number of hydrogen-bond acceptors (Lipinski definition) is 2. The van der Waals surface area contributed by atoms with Crippen molar-refractivity contribution in [1.82, 2.24) is 0 Å². The molecule has 0 spiro atoms. The average molecular weight is 405 g/mol. The van der Waals surface area contributed by atoms with Gasteiger partial charge in [-0.15, -0.1) is 0 Å². The Morgan fingerprint density at radius 2 is 1.58 bits per heavy atom. The molecule has 3 nitrogen and oxygen atoms in total. The maximum Gasteiger partial charge on any atom is 0.339 e. The van der Waals surface area contributed by atoms with Crippen molar-refractivity contribution < 1.29 is 9.36 Å². The first kappa shape index (κ1) is 19.3. The SMILES string of the molecule is CC(C)N1C(=O)Cc2cc(-c3ccccc3)ccc21.O=P(Cl)(Cl)Cl. The van der Waals surface area contributed by atoms with Crippen molar-refractivity contribution in [2.75, 3.05) is 4.90 Å². The summed E-state index contributed by atoms with van der Waals surface area (Å²) in [6.45, 7) is 4.11. The van der Waals surface area contributed by atoms with Crippen LogP contribution in [0.25, 0.3) is 11.1 Å². The second kappa shape index (κ2) is 7.93. The molecule has 2 aromatic carbocycles. The van der Waals surface area contributed by atoms with Crippen LogP contribution in [0.15, 0.2) is 48.5 Å². The zero-order valence-electron chi connectivity index (χ0n) is 13.2. The van der Waals surface area contributed by atoms with Gasteiger partial charge in [0, 0.05) is 11.7 Å². The van der Waals surface area contributed by atoms with Gasteiger partial charge in [-0.05, 0) is 76.4 Å². The van der Waals surface area contributed by atoms with Crippen molar-refractivity contribution in [3.63, 3.8) is 0 Å². The van der Waals surface area contributed by atoms with Crippen LogP contribution in [0.2, 0.25) is 0 Å². The van der Waals surface area contributed by atoms with Crippen molar-refractivity contribution in [3.8, 4) is 11.1 Å². The van der Waals surface area contributed by atoms with Gasteiger partial charge in [0.2, 0.25) is 5.91 Å². The lowest BCUT2D eigenvalue weighted by Crippen LogP contribution is -2.33. The first-order chi connectivity index (χ1) is 11.2. The Labute approximate surface area is 156 Å². The third kappa shape index (κ3) is 5.26. The molecule has 2 aromatic rings. The smallest absolute Gasteiger partial charge is 0.309 e. The minimum absolute atomic E-state index is 0.204. The van der Waals surface area contributed by atoms with Crippen molar-refractivity contribution in [3.05, 3.63) is 54.1 Å². The van der Waals surface area contributed by atoms with Gasteiger partial charge >= 0.3 is 5.20 Å².